The zero-order valence-corrected chi connectivity index (χ0v) is 20.6. The van der Waals surface area contributed by atoms with Crippen LogP contribution in [0, 0.1) is 0 Å². The maximum absolute atomic E-state index is 13.4. The molecule has 0 aromatic heterocycles. The van der Waals surface area contributed by atoms with Gasteiger partial charge < -0.3 is 9.64 Å². The van der Waals surface area contributed by atoms with Crippen LogP contribution in [-0.2, 0) is 17.8 Å². The molecule has 2 atom stereocenters. The Morgan fingerprint density at radius 2 is 1.58 bits per heavy atom. The standard InChI is InChI=1S/C27H37N3O3/c1-6-28(7-2)19-23-9-8-10-25(15-23)26(31)30-20(3)16-29(17-21(30)4)18-22-11-13-24(14-12-22)27(32)33-5/h8-15,20-21H,6-7,16-19H2,1-5H3/t20-,21+. The number of hydrogen-bond donors (Lipinski definition) is 0. The molecule has 178 valence electrons. The number of hydrogen-bond acceptors (Lipinski definition) is 5. The molecule has 6 nitrogen and oxygen atoms in total. The molecule has 1 saturated heterocycles. The quantitative estimate of drug-likeness (QED) is 0.567. The lowest BCUT2D eigenvalue weighted by Crippen LogP contribution is -2.58. The predicted molar refractivity (Wildman–Crippen MR) is 131 cm³/mol. The molecule has 1 heterocycles. The highest BCUT2D eigenvalue weighted by Crippen LogP contribution is 2.22. The minimum atomic E-state index is -0.322. The minimum Gasteiger partial charge on any atom is -0.465 e. The number of nitrogens with zero attached hydrogens (tertiary/aromatic N) is 3. The van der Waals surface area contributed by atoms with Crippen LogP contribution in [0.2, 0.25) is 0 Å². The molecule has 0 bridgehead atoms. The molecule has 0 N–H and O–H groups in total. The minimum absolute atomic E-state index is 0.110. The molecule has 1 aliphatic rings. The molecule has 0 saturated carbocycles. The van der Waals surface area contributed by atoms with Gasteiger partial charge in [0.25, 0.3) is 5.91 Å². The number of rotatable bonds is 8. The van der Waals surface area contributed by atoms with Crippen LogP contribution in [0.15, 0.2) is 48.5 Å². The monoisotopic (exact) mass is 451 g/mol. The van der Waals surface area contributed by atoms with Crippen LogP contribution >= 0.6 is 0 Å². The molecule has 1 aliphatic heterocycles. The summed E-state index contributed by atoms with van der Waals surface area (Å²) in [6.07, 6.45) is 0. The van der Waals surface area contributed by atoms with Crippen molar-refractivity contribution < 1.29 is 14.3 Å². The predicted octanol–water partition coefficient (Wildman–Crippen LogP) is 4.05. The molecule has 3 rings (SSSR count). The van der Waals surface area contributed by atoms with E-state index < -0.39 is 0 Å². The number of ether oxygens (including phenoxy) is 1. The molecule has 1 fully saturated rings. The molecule has 2 aromatic carbocycles. The maximum Gasteiger partial charge on any atom is 0.337 e. The van der Waals surface area contributed by atoms with Crippen molar-refractivity contribution >= 4 is 11.9 Å². The third-order valence-corrected chi connectivity index (χ3v) is 6.48. The van der Waals surface area contributed by atoms with E-state index in [0.29, 0.717) is 5.56 Å². The zero-order chi connectivity index (χ0) is 24.0. The second-order valence-corrected chi connectivity index (χ2v) is 8.95. The van der Waals surface area contributed by atoms with Crippen molar-refractivity contribution in [3.8, 4) is 0 Å². The van der Waals surface area contributed by atoms with Crippen molar-refractivity contribution in [3.63, 3.8) is 0 Å². The summed E-state index contributed by atoms with van der Waals surface area (Å²) in [5, 5.41) is 0. The first-order chi connectivity index (χ1) is 15.9. The first kappa shape index (κ1) is 24.9. The highest BCUT2D eigenvalue weighted by atomic mass is 16.5. The topological polar surface area (TPSA) is 53.1 Å². The first-order valence-corrected chi connectivity index (χ1v) is 11.9. The van der Waals surface area contributed by atoms with E-state index in [9.17, 15) is 9.59 Å². The highest BCUT2D eigenvalue weighted by molar-refractivity contribution is 5.95. The Hall–Kier alpha value is -2.70. The molecule has 0 unspecified atom stereocenters. The number of methoxy groups -OCH3 is 1. The van der Waals surface area contributed by atoms with Gasteiger partial charge in [0.15, 0.2) is 0 Å². The van der Waals surface area contributed by atoms with Gasteiger partial charge in [-0.3, -0.25) is 14.6 Å². The van der Waals surface area contributed by atoms with Gasteiger partial charge in [0.1, 0.15) is 0 Å². The average Bonchev–Trinajstić information content (AvgIpc) is 2.82. The van der Waals surface area contributed by atoms with E-state index in [0.717, 1.165) is 50.4 Å². The Balaban J connectivity index is 1.65. The Morgan fingerprint density at radius 1 is 0.939 bits per heavy atom. The van der Waals surface area contributed by atoms with Crippen molar-refractivity contribution in [1.29, 1.82) is 0 Å². The van der Waals surface area contributed by atoms with E-state index in [4.69, 9.17) is 4.74 Å². The summed E-state index contributed by atoms with van der Waals surface area (Å²) in [5.41, 5.74) is 3.65. The fraction of sp³-hybridized carbons (Fsp3) is 0.481. The number of benzene rings is 2. The lowest BCUT2D eigenvalue weighted by atomic mass is 10.0. The second-order valence-electron chi connectivity index (χ2n) is 8.95. The SMILES string of the molecule is CCN(CC)Cc1cccc(C(=O)N2[C@H](C)CN(Cc3ccc(C(=O)OC)cc3)C[C@@H]2C)c1. The molecule has 0 spiro atoms. The highest BCUT2D eigenvalue weighted by Gasteiger charge is 2.33. The summed E-state index contributed by atoms with van der Waals surface area (Å²) in [6.45, 7) is 13.8. The molecular weight excluding hydrogens is 414 g/mol. The van der Waals surface area contributed by atoms with Crippen molar-refractivity contribution in [1.82, 2.24) is 14.7 Å². The van der Waals surface area contributed by atoms with Gasteiger partial charge in [0, 0.05) is 43.8 Å². The van der Waals surface area contributed by atoms with E-state index in [1.165, 1.54) is 12.7 Å². The van der Waals surface area contributed by atoms with Crippen LogP contribution in [-0.4, -0.2) is 71.9 Å². The summed E-state index contributed by atoms with van der Waals surface area (Å²) < 4.78 is 4.77. The second kappa shape index (κ2) is 11.4. The van der Waals surface area contributed by atoms with Crippen molar-refractivity contribution in [2.75, 3.05) is 33.3 Å². The molecular formula is C27H37N3O3. The van der Waals surface area contributed by atoms with E-state index in [1.807, 2.05) is 29.2 Å². The number of carbonyl (C=O) groups excluding carboxylic acids is 2. The van der Waals surface area contributed by atoms with Gasteiger partial charge in [-0.1, -0.05) is 38.1 Å². The van der Waals surface area contributed by atoms with Crippen LogP contribution in [0.5, 0.6) is 0 Å². The molecule has 0 radical (unpaired) electrons. The van der Waals surface area contributed by atoms with Crippen molar-refractivity contribution in [2.45, 2.75) is 52.9 Å². The van der Waals surface area contributed by atoms with Crippen LogP contribution in [0.3, 0.4) is 0 Å². The summed E-state index contributed by atoms with van der Waals surface area (Å²) in [5.74, 6) is -0.212. The van der Waals surface area contributed by atoms with Gasteiger partial charge in [-0.05, 0) is 62.3 Å². The van der Waals surface area contributed by atoms with E-state index in [2.05, 4.69) is 49.6 Å². The van der Waals surface area contributed by atoms with Gasteiger partial charge in [-0.15, -0.1) is 0 Å². The van der Waals surface area contributed by atoms with Crippen molar-refractivity contribution in [3.05, 3.63) is 70.8 Å². The fourth-order valence-corrected chi connectivity index (χ4v) is 4.74. The normalized spacial score (nSPS) is 19.0. The number of piperazine rings is 1. The molecule has 33 heavy (non-hydrogen) atoms. The third kappa shape index (κ3) is 6.21. The average molecular weight is 452 g/mol. The van der Waals surface area contributed by atoms with Crippen molar-refractivity contribution in [2.24, 2.45) is 0 Å². The van der Waals surface area contributed by atoms with Gasteiger partial charge in [-0.25, -0.2) is 4.79 Å². The lowest BCUT2D eigenvalue weighted by Gasteiger charge is -2.44. The lowest BCUT2D eigenvalue weighted by molar-refractivity contribution is 0.0268. The van der Waals surface area contributed by atoms with Crippen LogP contribution in [0.25, 0.3) is 0 Å². The van der Waals surface area contributed by atoms with Gasteiger partial charge in [0.05, 0.1) is 12.7 Å². The Labute approximate surface area is 198 Å². The number of amides is 1. The first-order valence-electron chi connectivity index (χ1n) is 11.9. The molecule has 1 amide bonds. The molecule has 2 aromatic rings. The summed E-state index contributed by atoms with van der Waals surface area (Å²) in [6, 6.07) is 15.9. The fourth-order valence-electron chi connectivity index (χ4n) is 4.74. The van der Waals surface area contributed by atoms with Gasteiger partial charge >= 0.3 is 5.97 Å². The largest absolute Gasteiger partial charge is 0.465 e. The summed E-state index contributed by atoms with van der Waals surface area (Å²) >= 11 is 0. The summed E-state index contributed by atoms with van der Waals surface area (Å²) in [4.78, 5) is 31.9. The van der Waals surface area contributed by atoms with E-state index >= 15 is 0 Å². The smallest absolute Gasteiger partial charge is 0.337 e. The van der Waals surface area contributed by atoms with E-state index in [1.54, 1.807) is 12.1 Å². The van der Waals surface area contributed by atoms with Crippen LogP contribution in [0.1, 0.15) is 59.5 Å². The van der Waals surface area contributed by atoms with E-state index in [-0.39, 0.29) is 24.0 Å². The van der Waals surface area contributed by atoms with Gasteiger partial charge in [0.2, 0.25) is 0 Å². The Bertz CT molecular complexity index is 928. The molecule has 6 heteroatoms. The summed E-state index contributed by atoms with van der Waals surface area (Å²) in [7, 11) is 1.39. The maximum atomic E-state index is 13.4. The third-order valence-electron chi connectivity index (χ3n) is 6.48. The number of esters is 1. The Morgan fingerprint density at radius 3 is 2.15 bits per heavy atom. The zero-order valence-electron chi connectivity index (χ0n) is 20.6. The Kier molecular flexibility index (Phi) is 8.64. The number of carbonyl (C=O) groups is 2. The van der Waals surface area contributed by atoms with Crippen LogP contribution < -0.4 is 0 Å². The van der Waals surface area contributed by atoms with Gasteiger partial charge in [-0.2, -0.15) is 0 Å². The van der Waals surface area contributed by atoms with Crippen LogP contribution in [0.4, 0.5) is 0 Å². The molecule has 0 aliphatic carbocycles.